The van der Waals surface area contributed by atoms with E-state index in [1.165, 1.54) is 32.1 Å². The Morgan fingerprint density at radius 3 is 2.77 bits per heavy atom. The van der Waals surface area contributed by atoms with Gasteiger partial charge < -0.3 is 9.88 Å². The van der Waals surface area contributed by atoms with E-state index < -0.39 is 0 Å². The first-order valence-electron chi connectivity index (χ1n) is 10.1. The maximum Gasteiger partial charge on any atom is 0.253 e. The Morgan fingerprint density at radius 2 is 2.08 bits per heavy atom. The lowest BCUT2D eigenvalue weighted by atomic mass is 9.89. The van der Waals surface area contributed by atoms with E-state index in [1.54, 1.807) is 0 Å². The maximum absolute atomic E-state index is 12.7. The molecule has 0 aliphatic heterocycles. The summed E-state index contributed by atoms with van der Waals surface area (Å²) in [6.45, 7) is 5.93. The lowest BCUT2D eigenvalue weighted by molar-refractivity contribution is 0.0952. The largest absolute Gasteiger partial charge is 0.352 e. The van der Waals surface area contributed by atoms with E-state index in [0.29, 0.717) is 5.92 Å². The lowest BCUT2D eigenvalue weighted by Gasteiger charge is -2.24. The molecule has 1 saturated carbocycles. The monoisotopic (exact) mass is 353 g/mol. The molecule has 4 heteroatoms. The van der Waals surface area contributed by atoms with E-state index >= 15 is 0 Å². The van der Waals surface area contributed by atoms with Gasteiger partial charge in [0.05, 0.1) is 17.0 Å². The van der Waals surface area contributed by atoms with Crippen LogP contribution in [0.1, 0.15) is 67.9 Å². The van der Waals surface area contributed by atoms with E-state index in [-0.39, 0.29) is 5.91 Å². The summed E-state index contributed by atoms with van der Waals surface area (Å²) in [5.41, 5.74) is 3.86. The van der Waals surface area contributed by atoms with Crippen molar-refractivity contribution in [2.75, 3.05) is 6.54 Å². The van der Waals surface area contributed by atoms with Gasteiger partial charge in [-0.05, 0) is 50.3 Å². The molecule has 140 valence electrons. The second kappa shape index (κ2) is 9.02. The van der Waals surface area contributed by atoms with Crippen molar-refractivity contribution in [1.82, 2.24) is 14.9 Å². The molecule has 3 rings (SSSR count). The van der Waals surface area contributed by atoms with Crippen molar-refractivity contribution in [2.24, 2.45) is 5.92 Å². The van der Waals surface area contributed by atoms with Crippen LogP contribution in [-0.2, 0) is 6.54 Å². The Kier molecular flexibility index (Phi) is 6.48. The third kappa shape index (κ3) is 4.35. The molecule has 0 unspecified atom stereocenters. The highest BCUT2D eigenvalue weighted by molar-refractivity contribution is 5.96. The summed E-state index contributed by atoms with van der Waals surface area (Å²) in [6, 6.07) is 8.01. The zero-order valence-electron chi connectivity index (χ0n) is 16.1. The summed E-state index contributed by atoms with van der Waals surface area (Å²) in [4.78, 5) is 17.2. The molecule has 0 radical (unpaired) electrons. The van der Waals surface area contributed by atoms with Gasteiger partial charge in [0.2, 0.25) is 0 Å². The molecule has 0 atom stereocenters. The zero-order valence-corrected chi connectivity index (χ0v) is 16.1. The second-order valence-electron chi connectivity index (χ2n) is 7.47. The van der Waals surface area contributed by atoms with Crippen LogP contribution in [-0.4, -0.2) is 22.0 Å². The van der Waals surface area contributed by atoms with E-state index in [0.717, 1.165) is 48.6 Å². The number of aromatic nitrogens is 2. The highest BCUT2D eigenvalue weighted by Gasteiger charge is 2.22. The summed E-state index contributed by atoms with van der Waals surface area (Å²) in [6.07, 6.45) is 10.5. The van der Waals surface area contributed by atoms with Crippen LogP contribution < -0.4 is 5.32 Å². The van der Waals surface area contributed by atoms with Gasteiger partial charge in [0.25, 0.3) is 5.91 Å². The van der Waals surface area contributed by atoms with Gasteiger partial charge in [0.15, 0.2) is 0 Å². The fraction of sp³-hybridized carbons (Fsp3) is 0.545. The van der Waals surface area contributed by atoms with Crippen molar-refractivity contribution >= 4 is 5.91 Å². The minimum absolute atomic E-state index is 0.0375. The van der Waals surface area contributed by atoms with Gasteiger partial charge >= 0.3 is 0 Å². The number of hydrogen-bond acceptors (Lipinski definition) is 2. The number of hydrogen-bond donors (Lipinski definition) is 1. The molecule has 1 N–H and O–H groups in total. The molecule has 0 bridgehead atoms. The molecule has 0 spiro atoms. The fourth-order valence-corrected chi connectivity index (χ4v) is 3.94. The van der Waals surface area contributed by atoms with Crippen LogP contribution in [0.25, 0.3) is 11.4 Å². The fourth-order valence-electron chi connectivity index (χ4n) is 3.94. The summed E-state index contributed by atoms with van der Waals surface area (Å²) >= 11 is 0. The van der Waals surface area contributed by atoms with E-state index in [9.17, 15) is 4.79 Å². The quantitative estimate of drug-likeness (QED) is 0.715. The highest BCUT2D eigenvalue weighted by atomic mass is 16.1. The Morgan fingerprint density at radius 1 is 1.27 bits per heavy atom. The van der Waals surface area contributed by atoms with Gasteiger partial charge in [0, 0.05) is 25.0 Å². The van der Waals surface area contributed by atoms with Crippen LogP contribution in [0.4, 0.5) is 0 Å². The first-order valence-corrected chi connectivity index (χ1v) is 10.1. The van der Waals surface area contributed by atoms with Crippen LogP contribution in [0.5, 0.6) is 0 Å². The summed E-state index contributed by atoms with van der Waals surface area (Å²) in [5, 5.41) is 3.06. The van der Waals surface area contributed by atoms with Crippen molar-refractivity contribution in [3.63, 3.8) is 0 Å². The second-order valence-corrected chi connectivity index (χ2v) is 7.47. The number of rotatable bonds is 7. The van der Waals surface area contributed by atoms with Crippen molar-refractivity contribution in [3.8, 4) is 11.4 Å². The van der Waals surface area contributed by atoms with Crippen LogP contribution in [0.2, 0.25) is 0 Å². The van der Waals surface area contributed by atoms with Crippen molar-refractivity contribution in [1.29, 1.82) is 0 Å². The Hall–Kier alpha value is -2.10. The molecule has 2 heterocycles. The predicted octanol–water partition coefficient (Wildman–Crippen LogP) is 4.97. The Labute approximate surface area is 157 Å². The summed E-state index contributed by atoms with van der Waals surface area (Å²) in [5.74, 6) is 0.740. The van der Waals surface area contributed by atoms with Crippen LogP contribution in [0.3, 0.4) is 0 Å². The van der Waals surface area contributed by atoms with Gasteiger partial charge in [-0.1, -0.05) is 38.7 Å². The topological polar surface area (TPSA) is 46.9 Å². The molecule has 2 aromatic heterocycles. The average Bonchev–Trinajstić information content (AvgIpc) is 3.00. The predicted molar refractivity (Wildman–Crippen MR) is 106 cm³/mol. The van der Waals surface area contributed by atoms with Crippen molar-refractivity contribution < 1.29 is 4.79 Å². The number of unbranched alkanes of at least 4 members (excludes halogenated alkanes) is 1. The highest BCUT2D eigenvalue weighted by Crippen LogP contribution is 2.30. The van der Waals surface area contributed by atoms with Gasteiger partial charge in [-0.3, -0.25) is 9.78 Å². The average molecular weight is 354 g/mol. The molecule has 26 heavy (non-hydrogen) atoms. The van der Waals surface area contributed by atoms with Crippen molar-refractivity contribution in [3.05, 3.63) is 41.7 Å². The smallest absolute Gasteiger partial charge is 0.253 e. The molecule has 1 amide bonds. The van der Waals surface area contributed by atoms with Gasteiger partial charge in [-0.15, -0.1) is 0 Å². The Bertz CT molecular complexity index is 714. The third-order valence-electron chi connectivity index (χ3n) is 5.52. The summed E-state index contributed by atoms with van der Waals surface area (Å²) in [7, 11) is 0. The minimum atomic E-state index is 0.0375. The van der Waals surface area contributed by atoms with Gasteiger partial charge in [-0.25, -0.2) is 0 Å². The number of pyridine rings is 1. The van der Waals surface area contributed by atoms with Crippen molar-refractivity contribution in [2.45, 2.75) is 65.3 Å². The summed E-state index contributed by atoms with van der Waals surface area (Å²) < 4.78 is 2.33. The van der Waals surface area contributed by atoms with Crippen LogP contribution >= 0.6 is 0 Å². The van der Waals surface area contributed by atoms with Crippen LogP contribution in [0, 0.1) is 12.8 Å². The van der Waals surface area contributed by atoms with Gasteiger partial charge in [-0.2, -0.15) is 0 Å². The number of nitrogens with one attached hydrogen (secondary N) is 1. The number of nitrogens with zero attached hydrogens (tertiary/aromatic N) is 2. The number of carbonyl (C=O) groups is 1. The van der Waals surface area contributed by atoms with E-state index in [2.05, 4.69) is 28.7 Å². The zero-order chi connectivity index (χ0) is 18.4. The lowest BCUT2D eigenvalue weighted by Crippen LogP contribution is -2.25. The molecule has 1 fully saturated rings. The number of carbonyl (C=O) groups excluding carboxylic acids is 1. The Balaban J connectivity index is 1.90. The van der Waals surface area contributed by atoms with E-state index in [1.807, 2.05) is 30.5 Å². The molecular formula is C22H31N3O. The molecule has 0 aromatic carbocycles. The van der Waals surface area contributed by atoms with Gasteiger partial charge in [0.1, 0.15) is 0 Å². The molecular weight excluding hydrogens is 322 g/mol. The minimum Gasteiger partial charge on any atom is -0.352 e. The first-order chi connectivity index (χ1) is 12.7. The SMILES string of the molecule is CCCCNC(=O)c1cc(-c2ccccn2)n(CC2CCCCC2)c1C. The van der Waals surface area contributed by atoms with Crippen LogP contribution in [0.15, 0.2) is 30.5 Å². The van der Waals surface area contributed by atoms with E-state index in [4.69, 9.17) is 0 Å². The normalized spacial score (nSPS) is 15.2. The third-order valence-corrected chi connectivity index (χ3v) is 5.52. The number of amides is 1. The molecule has 4 nitrogen and oxygen atoms in total. The standard InChI is InChI=1S/C22H31N3O/c1-3-4-13-24-22(26)19-15-21(20-12-8-9-14-23-20)25(17(19)2)16-18-10-6-5-7-11-18/h8-9,12,14-15,18H,3-7,10-11,13,16H2,1-2H3,(H,24,26). The molecule has 1 aliphatic carbocycles. The maximum atomic E-state index is 12.7. The molecule has 2 aromatic rings. The molecule has 0 saturated heterocycles. The first kappa shape index (κ1) is 18.7. The molecule has 1 aliphatic rings.